The number of aromatic hydroxyl groups is 3. The summed E-state index contributed by atoms with van der Waals surface area (Å²) in [5, 5.41) is 28.9. The topological polar surface area (TPSA) is 81.0 Å². The highest BCUT2D eigenvalue weighted by Crippen LogP contribution is 2.22. The van der Waals surface area contributed by atoms with Gasteiger partial charge in [0.15, 0.2) is 5.78 Å². The van der Waals surface area contributed by atoms with Gasteiger partial charge in [0.1, 0.15) is 17.2 Å². The Bertz CT molecular complexity index is 934. The molecule has 0 aliphatic heterocycles. The van der Waals surface area contributed by atoms with E-state index in [0.717, 1.165) is 11.1 Å². The highest BCUT2D eigenvalue weighted by molar-refractivity contribution is 5.98. The number of Topliss-reactive ketones (excluding diaryl/α,β-unsaturated/α-hetero) is 1. The van der Waals surface area contributed by atoms with Crippen LogP contribution >= 0.6 is 0 Å². The average molecular weight is 391 g/mol. The van der Waals surface area contributed by atoms with Gasteiger partial charge in [-0.15, -0.1) is 0 Å². The molecule has 3 aromatic carbocycles. The molecule has 3 N–H and O–H groups in total. The van der Waals surface area contributed by atoms with Crippen LogP contribution in [0.25, 0.3) is 0 Å². The summed E-state index contributed by atoms with van der Waals surface area (Å²) in [7, 11) is 0. The molecule has 0 amide bonds. The Hall–Kier alpha value is -3.31. The van der Waals surface area contributed by atoms with Gasteiger partial charge < -0.3 is 15.3 Å². The van der Waals surface area contributed by atoms with Gasteiger partial charge >= 0.3 is 0 Å². The molecule has 0 saturated carbocycles. The van der Waals surface area contributed by atoms with Crippen molar-refractivity contribution in [1.29, 1.82) is 0 Å². The van der Waals surface area contributed by atoms with Crippen LogP contribution < -0.4 is 0 Å². The van der Waals surface area contributed by atoms with Gasteiger partial charge in [-0.2, -0.15) is 0 Å². The predicted molar refractivity (Wildman–Crippen MR) is 112 cm³/mol. The monoisotopic (exact) mass is 391 g/mol. The lowest BCUT2D eigenvalue weighted by atomic mass is 10.0. The van der Waals surface area contributed by atoms with Gasteiger partial charge in [-0.05, 0) is 48.7 Å². The fourth-order valence-corrected chi connectivity index (χ4v) is 3.32. The Morgan fingerprint density at radius 1 is 0.828 bits per heavy atom. The first kappa shape index (κ1) is 20.4. The molecule has 0 aromatic heterocycles. The fourth-order valence-electron chi connectivity index (χ4n) is 3.32. The number of rotatable bonds is 8. The van der Waals surface area contributed by atoms with Crippen molar-refractivity contribution in [3.63, 3.8) is 0 Å². The molecule has 0 spiro atoms. The number of phenolic OH excluding ortho intramolecular Hbond substituents is 3. The summed E-state index contributed by atoms with van der Waals surface area (Å²) in [4.78, 5) is 14.9. The summed E-state index contributed by atoms with van der Waals surface area (Å²) < 4.78 is 0. The summed E-state index contributed by atoms with van der Waals surface area (Å²) in [5.41, 5.74) is 2.44. The second-order valence-corrected chi connectivity index (χ2v) is 7.27. The van der Waals surface area contributed by atoms with Crippen LogP contribution in [0.4, 0.5) is 0 Å². The van der Waals surface area contributed by atoms with Gasteiger partial charge in [-0.25, -0.2) is 0 Å². The van der Waals surface area contributed by atoms with E-state index >= 15 is 0 Å². The molecule has 0 fully saturated rings. The highest BCUT2D eigenvalue weighted by Gasteiger charge is 2.20. The first-order valence-electron chi connectivity index (χ1n) is 9.53. The summed E-state index contributed by atoms with van der Waals surface area (Å²) in [6, 6.07) is 21.0. The van der Waals surface area contributed by atoms with Crippen molar-refractivity contribution in [2.75, 3.05) is 6.54 Å². The molecule has 1 unspecified atom stereocenters. The minimum absolute atomic E-state index is 0.0506. The molecule has 3 aromatic rings. The molecule has 0 saturated heterocycles. The largest absolute Gasteiger partial charge is 0.508 e. The predicted octanol–water partition coefficient (Wildman–Crippen LogP) is 4.12. The van der Waals surface area contributed by atoms with Crippen LogP contribution in [0.1, 0.15) is 28.4 Å². The number of carbonyl (C=O) groups is 1. The average Bonchev–Trinajstić information content (AvgIpc) is 2.69. The van der Waals surface area contributed by atoms with Crippen LogP contribution in [0.15, 0.2) is 72.8 Å². The zero-order chi connectivity index (χ0) is 20.8. The van der Waals surface area contributed by atoms with Gasteiger partial charge in [-0.3, -0.25) is 9.69 Å². The van der Waals surface area contributed by atoms with E-state index in [1.54, 1.807) is 12.1 Å². The second kappa shape index (κ2) is 9.26. The Kier molecular flexibility index (Phi) is 6.52. The number of hydrogen-bond donors (Lipinski definition) is 3. The maximum atomic E-state index is 12.9. The van der Waals surface area contributed by atoms with E-state index in [1.165, 1.54) is 18.2 Å². The number of ketones is 1. The van der Waals surface area contributed by atoms with Crippen molar-refractivity contribution in [2.24, 2.45) is 0 Å². The maximum Gasteiger partial charge on any atom is 0.177 e. The smallest absolute Gasteiger partial charge is 0.177 e. The summed E-state index contributed by atoms with van der Waals surface area (Å²) >= 11 is 0. The van der Waals surface area contributed by atoms with E-state index in [4.69, 9.17) is 0 Å². The molecule has 5 nitrogen and oxygen atoms in total. The van der Waals surface area contributed by atoms with Crippen LogP contribution in [-0.2, 0) is 13.0 Å². The third-order valence-electron chi connectivity index (χ3n) is 4.89. The minimum atomic E-state index is -0.176. The summed E-state index contributed by atoms with van der Waals surface area (Å²) in [5.74, 6) is -0.230. The number of benzene rings is 3. The first-order chi connectivity index (χ1) is 13.9. The van der Waals surface area contributed by atoms with Crippen molar-refractivity contribution in [3.05, 3.63) is 89.5 Å². The quantitative estimate of drug-likeness (QED) is 0.503. The number of phenols is 3. The zero-order valence-electron chi connectivity index (χ0n) is 16.3. The number of nitrogens with zero attached hydrogens (tertiary/aromatic N) is 1. The molecule has 0 aliphatic carbocycles. The van der Waals surface area contributed by atoms with Crippen LogP contribution in [0.2, 0.25) is 0 Å². The lowest BCUT2D eigenvalue weighted by molar-refractivity contribution is 0.0888. The van der Waals surface area contributed by atoms with E-state index in [-0.39, 0.29) is 41.2 Å². The van der Waals surface area contributed by atoms with Crippen molar-refractivity contribution in [2.45, 2.75) is 25.9 Å². The van der Waals surface area contributed by atoms with E-state index in [1.807, 2.05) is 42.5 Å². The zero-order valence-corrected chi connectivity index (χ0v) is 16.3. The normalized spacial score (nSPS) is 12.1. The van der Waals surface area contributed by atoms with Crippen molar-refractivity contribution < 1.29 is 20.1 Å². The summed E-state index contributed by atoms with van der Waals surface area (Å²) in [6.07, 6.45) is 0.714. The standard InChI is InChI=1S/C24H25NO4/c1-17(11-18-7-9-21(26)10-8-18)25(15-19-5-3-2-4-6-19)16-24(29)20-12-22(27)14-23(28)13-20/h2-10,12-14,17,26-28H,11,15-16H2,1H3. The molecule has 0 aliphatic rings. The van der Waals surface area contributed by atoms with Crippen LogP contribution in [0.3, 0.4) is 0 Å². The Labute approximate surface area is 170 Å². The van der Waals surface area contributed by atoms with Gasteiger partial charge in [-0.1, -0.05) is 42.5 Å². The van der Waals surface area contributed by atoms with Crippen LogP contribution in [0.5, 0.6) is 17.2 Å². The molecule has 0 heterocycles. The van der Waals surface area contributed by atoms with Gasteiger partial charge in [0.25, 0.3) is 0 Å². The van der Waals surface area contributed by atoms with E-state index in [2.05, 4.69) is 11.8 Å². The third kappa shape index (κ3) is 5.83. The Balaban J connectivity index is 1.79. The maximum absolute atomic E-state index is 12.9. The van der Waals surface area contributed by atoms with Crippen LogP contribution in [-0.4, -0.2) is 38.6 Å². The van der Waals surface area contributed by atoms with Crippen molar-refractivity contribution in [1.82, 2.24) is 4.90 Å². The first-order valence-corrected chi connectivity index (χ1v) is 9.53. The number of hydrogen-bond acceptors (Lipinski definition) is 5. The SMILES string of the molecule is CC(Cc1ccc(O)cc1)N(CC(=O)c1cc(O)cc(O)c1)Cc1ccccc1. The van der Waals surface area contributed by atoms with Gasteiger partial charge in [0.2, 0.25) is 0 Å². The lowest BCUT2D eigenvalue weighted by Crippen LogP contribution is -2.38. The Morgan fingerprint density at radius 2 is 1.45 bits per heavy atom. The van der Waals surface area contributed by atoms with E-state index < -0.39 is 0 Å². The second-order valence-electron chi connectivity index (χ2n) is 7.27. The highest BCUT2D eigenvalue weighted by atomic mass is 16.3. The number of carbonyl (C=O) groups excluding carboxylic acids is 1. The molecule has 0 radical (unpaired) electrons. The van der Waals surface area contributed by atoms with Crippen molar-refractivity contribution >= 4 is 5.78 Å². The molecule has 3 rings (SSSR count). The minimum Gasteiger partial charge on any atom is -0.508 e. The molecular formula is C24H25NO4. The van der Waals surface area contributed by atoms with Gasteiger partial charge in [0.05, 0.1) is 6.54 Å². The molecule has 5 heteroatoms. The fraction of sp³-hybridized carbons (Fsp3) is 0.208. The Morgan fingerprint density at radius 3 is 2.07 bits per heavy atom. The van der Waals surface area contributed by atoms with Crippen molar-refractivity contribution in [3.8, 4) is 17.2 Å². The molecule has 0 bridgehead atoms. The van der Waals surface area contributed by atoms with Gasteiger partial charge in [0, 0.05) is 24.2 Å². The van der Waals surface area contributed by atoms with Crippen LogP contribution in [0, 0.1) is 0 Å². The lowest BCUT2D eigenvalue weighted by Gasteiger charge is -2.29. The van der Waals surface area contributed by atoms with E-state index in [0.29, 0.717) is 13.0 Å². The molecule has 1 atom stereocenters. The molecule has 150 valence electrons. The van der Waals surface area contributed by atoms with E-state index in [9.17, 15) is 20.1 Å². The summed E-state index contributed by atoms with van der Waals surface area (Å²) in [6.45, 7) is 2.80. The third-order valence-corrected chi connectivity index (χ3v) is 4.89. The molecular weight excluding hydrogens is 366 g/mol. The molecule has 29 heavy (non-hydrogen) atoms.